The van der Waals surface area contributed by atoms with E-state index < -0.39 is 17.6 Å². The van der Waals surface area contributed by atoms with E-state index in [9.17, 15) is 14.0 Å². The van der Waals surface area contributed by atoms with Gasteiger partial charge in [-0.1, -0.05) is 11.6 Å². The average molecular weight is 397 g/mol. The molecule has 0 aliphatic heterocycles. The molecule has 2 rings (SSSR count). The second-order valence-corrected chi connectivity index (χ2v) is 5.68. The molecule has 2 amide bonds. The number of halogens is 2. The number of carbonyl (C=O) groups excluding carboxylic acids is 2. The number of nitrogens with one attached hydrogen (secondary N) is 2. The third kappa shape index (κ3) is 5.01. The Hall–Kier alpha value is -3.00. The van der Waals surface area contributed by atoms with E-state index in [0.717, 1.165) is 6.07 Å². The average Bonchev–Trinajstić information content (AvgIpc) is 2.67. The minimum atomic E-state index is -0.592. The molecule has 0 spiro atoms. The van der Waals surface area contributed by atoms with Gasteiger partial charge in [-0.2, -0.15) is 0 Å². The summed E-state index contributed by atoms with van der Waals surface area (Å²) in [5.41, 5.74) is 0.538. The van der Waals surface area contributed by atoms with E-state index in [1.54, 1.807) is 0 Å². The van der Waals surface area contributed by atoms with Crippen molar-refractivity contribution in [3.63, 3.8) is 0 Å². The highest BCUT2D eigenvalue weighted by Gasteiger charge is 2.17. The highest BCUT2D eigenvalue weighted by molar-refractivity contribution is 6.31. The van der Waals surface area contributed by atoms with E-state index in [2.05, 4.69) is 10.6 Å². The van der Waals surface area contributed by atoms with Crippen molar-refractivity contribution in [1.29, 1.82) is 0 Å². The maximum Gasteiger partial charge on any atom is 0.251 e. The van der Waals surface area contributed by atoms with Gasteiger partial charge >= 0.3 is 0 Å². The lowest BCUT2D eigenvalue weighted by molar-refractivity contribution is -0.115. The Bertz CT molecular complexity index is 835. The normalized spacial score (nSPS) is 10.1. The highest BCUT2D eigenvalue weighted by atomic mass is 35.5. The zero-order valence-electron chi connectivity index (χ0n) is 14.9. The molecule has 0 unspecified atom stereocenters. The molecule has 7 nitrogen and oxygen atoms in total. The summed E-state index contributed by atoms with van der Waals surface area (Å²) in [7, 11) is 4.31. The zero-order valence-corrected chi connectivity index (χ0v) is 15.6. The fraction of sp³-hybridized carbons (Fsp3) is 0.222. The van der Waals surface area contributed by atoms with Crippen LogP contribution in [0.25, 0.3) is 0 Å². The maximum absolute atomic E-state index is 13.1. The molecule has 0 fully saturated rings. The van der Waals surface area contributed by atoms with Crippen molar-refractivity contribution >= 4 is 29.1 Å². The van der Waals surface area contributed by atoms with Gasteiger partial charge < -0.3 is 24.8 Å². The number of ether oxygens (including phenoxy) is 3. The third-order valence-corrected chi connectivity index (χ3v) is 3.83. The Morgan fingerprint density at radius 3 is 2.19 bits per heavy atom. The SMILES string of the molecule is COc1cc(C(=O)NCC(=O)Nc2ccc(F)c(Cl)c2)cc(OC)c1OC. The van der Waals surface area contributed by atoms with Crippen LogP contribution in [0.2, 0.25) is 5.02 Å². The summed E-state index contributed by atoms with van der Waals surface area (Å²) in [4.78, 5) is 24.3. The Kier molecular flexibility index (Phi) is 6.84. The fourth-order valence-corrected chi connectivity index (χ4v) is 2.43. The summed E-state index contributed by atoms with van der Waals surface area (Å²) in [6.07, 6.45) is 0. The Morgan fingerprint density at radius 2 is 1.67 bits per heavy atom. The topological polar surface area (TPSA) is 85.9 Å². The Labute approximate surface area is 160 Å². The minimum absolute atomic E-state index is 0.116. The van der Waals surface area contributed by atoms with E-state index in [1.165, 1.54) is 45.6 Å². The molecule has 144 valence electrons. The van der Waals surface area contributed by atoms with E-state index in [1.807, 2.05) is 0 Å². The number of hydrogen-bond acceptors (Lipinski definition) is 5. The summed E-state index contributed by atoms with van der Waals surface area (Å²) in [5.74, 6) is -0.632. The van der Waals surface area contributed by atoms with Crippen LogP contribution in [0.5, 0.6) is 17.2 Å². The van der Waals surface area contributed by atoms with Crippen LogP contribution in [0.3, 0.4) is 0 Å². The number of amides is 2. The number of anilines is 1. The van der Waals surface area contributed by atoms with Gasteiger partial charge in [0, 0.05) is 11.3 Å². The summed E-state index contributed by atoms with van der Waals surface area (Å²) >= 11 is 5.66. The van der Waals surface area contributed by atoms with Crippen LogP contribution < -0.4 is 24.8 Å². The van der Waals surface area contributed by atoms with Gasteiger partial charge in [0.15, 0.2) is 11.5 Å². The molecule has 0 aliphatic carbocycles. The lowest BCUT2D eigenvalue weighted by Crippen LogP contribution is -2.32. The van der Waals surface area contributed by atoms with Crippen LogP contribution >= 0.6 is 11.6 Å². The molecular formula is C18H18ClFN2O5. The Balaban J connectivity index is 2.04. The summed E-state index contributed by atoms with van der Waals surface area (Å²) < 4.78 is 28.7. The lowest BCUT2D eigenvalue weighted by Gasteiger charge is -2.14. The van der Waals surface area contributed by atoms with Crippen LogP contribution in [0.1, 0.15) is 10.4 Å². The molecule has 0 saturated heterocycles. The third-order valence-electron chi connectivity index (χ3n) is 3.54. The van der Waals surface area contributed by atoms with Gasteiger partial charge in [0.2, 0.25) is 11.7 Å². The summed E-state index contributed by atoms with van der Waals surface area (Å²) in [5, 5.41) is 4.86. The van der Waals surface area contributed by atoms with Gasteiger partial charge in [-0.15, -0.1) is 0 Å². The smallest absolute Gasteiger partial charge is 0.251 e. The maximum atomic E-state index is 13.1. The van der Waals surface area contributed by atoms with E-state index in [4.69, 9.17) is 25.8 Å². The van der Waals surface area contributed by atoms with E-state index >= 15 is 0 Å². The molecule has 0 aromatic heterocycles. The molecule has 0 radical (unpaired) electrons. The fourth-order valence-electron chi connectivity index (χ4n) is 2.25. The predicted octanol–water partition coefficient (Wildman–Crippen LogP) is 2.87. The molecule has 2 aromatic carbocycles. The van der Waals surface area contributed by atoms with Crippen molar-refractivity contribution in [2.45, 2.75) is 0 Å². The first kappa shape index (κ1) is 20.3. The predicted molar refractivity (Wildman–Crippen MR) is 98.5 cm³/mol. The molecule has 27 heavy (non-hydrogen) atoms. The van der Waals surface area contributed by atoms with Crippen molar-refractivity contribution in [3.05, 3.63) is 46.7 Å². The van der Waals surface area contributed by atoms with Crippen LogP contribution in [0.4, 0.5) is 10.1 Å². The molecule has 0 bridgehead atoms. The van der Waals surface area contributed by atoms with E-state index in [0.29, 0.717) is 22.9 Å². The largest absolute Gasteiger partial charge is 0.493 e. The Morgan fingerprint density at radius 1 is 1.04 bits per heavy atom. The van der Waals surface area contributed by atoms with Crippen LogP contribution in [0, 0.1) is 5.82 Å². The summed E-state index contributed by atoms with van der Waals surface area (Å²) in [6.45, 7) is -0.301. The lowest BCUT2D eigenvalue weighted by atomic mass is 10.1. The van der Waals surface area contributed by atoms with Crippen molar-refractivity contribution in [2.75, 3.05) is 33.2 Å². The van der Waals surface area contributed by atoms with Gasteiger partial charge in [-0.3, -0.25) is 9.59 Å². The van der Waals surface area contributed by atoms with Crippen molar-refractivity contribution in [3.8, 4) is 17.2 Å². The molecule has 2 aromatic rings. The highest BCUT2D eigenvalue weighted by Crippen LogP contribution is 2.38. The number of methoxy groups -OCH3 is 3. The molecule has 2 N–H and O–H groups in total. The molecule has 0 aliphatic rings. The molecule has 0 atom stereocenters. The first-order chi connectivity index (χ1) is 12.9. The monoisotopic (exact) mass is 396 g/mol. The molecule has 0 heterocycles. The van der Waals surface area contributed by atoms with Crippen LogP contribution in [-0.4, -0.2) is 39.7 Å². The number of carbonyl (C=O) groups is 2. The van der Waals surface area contributed by atoms with Crippen molar-refractivity contribution in [2.24, 2.45) is 0 Å². The molecule has 0 saturated carbocycles. The van der Waals surface area contributed by atoms with Gasteiger partial charge in [-0.25, -0.2) is 4.39 Å². The first-order valence-corrected chi connectivity index (χ1v) is 8.10. The molecular weight excluding hydrogens is 379 g/mol. The van der Waals surface area contributed by atoms with Crippen LogP contribution in [0.15, 0.2) is 30.3 Å². The first-order valence-electron chi connectivity index (χ1n) is 7.72. The van der Waals surface area contributed by atoms with Crippen molar-refractivity contribution < 1.29 is 28.2 Å². The van der Waals surface area contributed by atoms with Gasteiger partial charge in [-0.05, 0) is 30.3 Å². The zero-order chi connectivity index (χ0) is 20.0. The van der Waals surface area contributed by atoms with Gasteiger partial charge in [0.05, 0.1) is 32.9 Å². The molecule has 9 heteroatoms. The number of hydrogen-bond donors (Lipinski definition) is 2. The quantitative estimate of drug-likeness (QED) is 0.751. The second kappa shape index (κ2) is 9.09. The van der Waals surface area contributed by atoms with Gasteiger partial charge in [0.25, 0.3) is 5.91 Å². The van der Waals surface area contributed by atoms with E-state index in [-0.39, 0.29) is 17.1 Å². The number of rotatable bonds is 7. The second-order valence-electron chi connectivity index (χ2n) is 5.27. The summed E-state index contributed by atoms with van der Waals surface area (Å²) in [6, 6.07) is 6.70. The standard InChI is InChI=1S/C18H18ClFN2O5/c1-25-14-6-10(7-15(26-2)17(14)27-3)18(24)21-9-16(23)22-11-4-5-13(20)12(19)8-11/h4-8H,9H2,1-3H3,(H,21,24)(H,22,23). The van der Waals surface area contributed by atoms with Gasteiger partial charge in [0.1, 0.15) is 5.82 Å². The van der Waals surface area contributed by atoms with Crippen molar-refractivity contribution in [1.82, 2.24) is 5.32 Å². The number of benzene rings is 2. The minimum Gasteiger partial charge on any atom is -0.493 e. The van der Waals surface area contributed by atoms with Crippen LogP contribution in [-0.2, 0) is 4.79 Å².